The molecule has 1 aromatic heterocycles. The van der Waals surface area contributed by atoms with Gasteiger partial charge in [-0.15, -0.1) is 11.6 Å². The molecule has 0 spiro atoms. The topological polar surface area (TPSA) is 27.0 Å². The van der Waals surface area contributed by atoms with Crippen molar-refractivity contribution in [2.75, 3.05) is 0 Å². The molecule has 1 rings (SSSR count). The van der Waals surface area contributed by atoms with E-state index in [1.165, 1.54) is 0 Å². The molecule has 0 atom stereocenters. The molecule has 0 saturated heterocycles. The molecule has 1 aromatic rings. The van der Waals surface area contributed by atoms with Gasteiger partial charge in [0.1, 0.15) is 0 Å². The summed E-state index contributed by atoms with van der Waals surface area (Å²) >= 11 is 8.96. The average molecular weight is 336 g/mol. The van der Waals surface area contributed by atoms with E-state index >= 15 is 0 Å². The SMILES string of the molecule is CC(C)Cc1nc(Br)c(CCl)[n-]1.[Rb+]. The van der Waals surface area contributed by atoms with Gasteiger partial charge in [-0.25, -0.2) is 0 Å². The Morgan fingerprint density at radius 1 is 1.54 bits per heavy atom. The second kappa shape index (κ2) is 7.12. The van der Waals surface area contributed by atoms with Crippen molar-refractivity contribution in [2.24, 2.45) is 5.92 Å². The van der Waals surface area contributed by atoms with Crippen LogP contribution in [0.5, 0.6) is 0 Å². The zero-order chi connectivity index (χ0) is 9.14. The van der Waals surface area contributed by atoms with Gasteiger partial charge in [0, 0.05) is 10.5 Å². The summed E-state index contributed by atoms with van der Waals surface area (Å²) in [5, 5.41) is 0. The Labute approximate surface area is 141 Å². The van der Waals surface area contributed by atoms with Crippen LogP contribution in [0.4, 0.5) is 0 Å². The first-order chi connectivity index (χ1) is 5.63. The minimum absolute atomic E-state index is 0. The fourth-order valence-corrected chi connectivity index (χ4v) is 1.73. The van der Waals surface area contributed by atoms with Gasteiger partial charge in [-0.05, 0) is 18.0 Å². The summed E-state index contributed by atoms with van der Waals surface area (Å²) in [6, 6.07) is 0. The molecule has 0 unspecified atom stereocenters. The van der Waals surface area contributed by atoms with Crippen LogP contribution in [0, 0.1) is 5.92 Å². The number of halogens is 2. The normalized spacial score (nSPS) is 10.2. The largest absolute Gasteiger partial charge is 1.00 e. The molecule has 0 fully saturated rings. The van der Waals surface area contributed by atoms with Crippen molar-refractivity contribution in [3.05, 3.63) is 16.1 Å². The summed E-state index contributed by atoms with van der Waals surface area (Å²) in [7, 11) is 0. The van der Waals surface area contributed by atoms with Crippen LogP contribution in [0.1, 0.15) is 25.4 Å². The predicted octanol–water partition coefficient (Wildman–Crippen LogP) is -0.257. The minimum atomic E-state index is 0. The van der Waals surface area contributed by atoms with Crippen LogP contribution in [0.25, 0.3) is 0 Å². The van der Waals surface area contributed by atoms with Crippen LogP contribution in [-0.2, 0) is 12.3 Å². The Bertz CT molecular complexity index is 263. The number of aromatic nitrogens is 2. The molecule has 1 heterocycles. The molecule has 0 aliphatic carbocycles. The molecule has 0 amide bonds. The van der Waals surface area contributed by atoms with Gasteiger partial charge >= 0.3 is 58.2 Å². The molecule has 68 valence electrons. The molecule has 0 bridgehead atoms. The van der Waals surface area contributed by atoms with Gasteiger partial charge in [0.15, 0.2) is 0 Å². The van der Waals surface area contributed by atoms with E-state index in [2.05, 4.69) is 39.7 Å². The molecule has 5 heteroatoms. The van der Waals surface area contributed by atoms with Crippen LogP contribution >= 0.6 is 27.5 Å². The van der Waals surface area contributed by atoms with E-state index < -0.39 is 0 Å². The number of hydrogen-bond donors (Lipinski definition) is 0. The smallest absolute Gasteiger partial charge is 0.442 e. The van der Waals surface area contributed by atoms with E-state index in [-0.39, 0.29) is 58.2 Å². The summed E-state index contributed by atoms with van der Waals surface area (Å²) in [5.74, 6) is 1.89. The van der Waals surface area contributed by atoms with E-state index in [4.69, 9.17) is 11.6 Å². The van der Waals surface area contributed by atoms with Gasteiger partial charge < -0.3 is 9.97 Å². The van der Waals surface area contributed by atoms with Crippen LogP contribution in [0.3, 0.4) is 0 Å². The van der Waals surface area contributed by atoms with E-state index in [1.54, 1.807) is 0 Å². The Kier molecular flexibility index (Phi) is 8.10. The van der Waals surface area contributed by atoms with Crippen LogP contribution in [-0.4, -0.2) is 4.98 Å². The molecule has 13 heavy (non-hydrogen) atoms. The van der Waals surface area contributed by atoms with E-state index in [0.29, 0.717) is 11.8 Å². The number of hydrogen-bond acceptors (Lipinski definition) is 1. The molecule has 0 N–H and O–H groups in total. The molecule has 0 aliphatic heterocycles. The van der Waals surface area contributed by atoms with E-state index in [0.717, 1.165) is 22.5 Å². The molecule has 2 nitrogen and oxygen atoms in total. The summed E-state index contributed by atoms with van der Waals surface area (Å²) in [6.07, 6.45) is 0.912. The van der Waals surface area contributed by atoms with Crippen molar-refractivity contribution in [1.29, 1.82) is 0 Å². The van der Waals surface area contributed by atoms with Crippen molar-refractivity contribution >= 4 is 27.5 Å². The fraction of sp³-hybridized carbons (Fsp3) is 0.625. The Morgan fingerprint density at radius 3 is 2.54 bits per heavy atom. The summed E-state index contributed by atoms with van der Waals surface area (Å²) in [5.41, 5.74) is 0.840. The van der Waals surface area contributed by atoms with E-state index in [9.17, 15) is 0 Å². The van der Waals surface area contributed by atoms with Gasteiger partial charge in [-0.1, -0.05) is 35.6 Å². The first-order valence-electron chi connectivity index (χ1n) is 3.87. The maximum Gasteiger partial charge on any atom is 1.00 e. The third-order valence-electron chi connectivity index (χ3n) is 1.45. The van der Waals surface area contributed by atoms with Gasteiger partial charge in [-0.3, -0.25) is 0 Å². The Morgan fingerprint density at radius 2 is 2.15 bits per heavy atom. The van der Waals surface area contributed by atoms with Crippen molar-refractivity contribution in [2.45, 2.75) is 26.1 Å². The van der Waals surface area contributed by atoms with Crippen LogP contribution in [0.15, 0.2) is 4.60 Å². The first-order valence-corrected chi connectivity index (χ1v) is 5.20. The molecular formula is C8H11BrClN2Rb. The first kappa shape index (κ1) is 14.8. The third-order valence-corrected chi connectivity index (χ3v) is 2.33. The zero-order valence-electron chi connectivity index (χ0n) is 8.14. The minimum Gasteiger partial charge on any atom is -0.442 e. The predicted molar refractivity (Wildman–Crippen MR) is 53.4 cm³/mol. The monoisotopic (exact) mass is 334 g/mol. The number of alkyl halides is 1. The summed E-state index contributed by atoms with van der Waals surface area (Å²) in [4.78, 5) is 8.52. The number of imidazole rings is 1. The van der Waals surface area contributed by atoms with Gasteiger partial charge in [0.2, 0.25) is 0 Å². The standard InChI is InChI=1S/C8H11BrClN2.Rb/c1-5(2)3-7-11-6(4-10)8(9)12-7;/h5H,3-4H2,1-2H3;/q-1;+1. The Hall–Kier alpha value is 1.79. The van der Waals surface area contributed by atoms with Crippen molar-refractivity contribution in [1.82, 2.24) is 9.97 Å². The molecule has 0 aliphatic rings. The van der Waals surface area contributed by atoms with Gasteiger partial charge in [0.05, 0.1) is 0 Å². The fourth-order valence-electron chi connectivity index (χ4n) is 0.946. The molecule has 0 saturated carbocycles. The van der Waals surface area contributed by atoms with Gasteiger partial charge in [0.25, 0.3) is 0 Å². The van der Waals surface area contributed by atoms with Crippen LogP contribution < -0.4 is 63.2 Å². The maximum absolute atomic E-state index is 5.65. The molecule has 0 radical (unpaired) electrons. The Balaban J connectivity index is 0.00000144. The number of rotatable bonds is 3. The third kappa shape index (κ3) is 4.89. The summed E-state index contributed by atoms with van der Waals surface area (Å²) in [6.45, 7) is 4.29. The van der Waals surface area contributed by atoms with Crippen LogP contribution in [0.2, 0.25) is 0 Å². The van der Waals surface area contributed by atoms with Crippen molar-refractivity contribution in [3.63, 3.8) is 0 Å². The van der Waals surface area contributed by atoms with E-state index in [1.807, 2.05) is 0 Å². The van der Waals surface area contributed by atoms with Gasteiger partial charge in [-0.2, -0.15) is 0 Å². The maximum atomic E-state index is 5.65. The second-order valence-electron chi connectivity index (χ2n) is 3.11. The van der Waals surface area contributed by atoms with Crippen molar-refractivity contribution < 1.29 is 58.2 Å². The average Bonchev–Trinajstić information content (AvgIpc) is 2.29. The quantitative estimate of drug-likeness (QED) is 0.712. The second-order valence-corrected chi connectivity index (χ2v) is 4.13. The zero-order valence-corrected chi connectivity index (χ0v) is 15.4. The molecule has 0 aromatic carbocycles. The number of nitrogens with zero attached hydrogens (tertiary/aromatic N) is 2. The molecular weight excluding hydrogens is 325 g/mol. The summed E-state index contributed by atoms with van der Waals surface area (Å²) < 4.78 is 0.785. The van der Waals surface area contributed by atoms with Crippen molar-refractivity contribution in [3.8, 4) is 0 Å².